The smallest absolute Gasteiger partial charge is 0.317 e. The second-order valence-electron chi connectivity index (χ2n) is 8.32. The van der Waals surface area contributed by atoms with E-state index in [9.17, 15) is 0 Å². The van der Waals surface area contributed by atoms with E-state index in [0.717, 1.165) is 46.8 Å². The summed E-state index contributed by atoms with van der Waals surface area (Å²) in [4.78, 5) is 21.5. The van der Waals surface area contributed by atoms with Crippen molar-refractivity contribution in [1.29, 1.82) is 0 Å². The topological polar surface area (TPSA) is 85.3 Å². The SMILES string of the molecule is Cc1cc(-c2cnc(Nc3ccc(CN4CCCCC4)cn3)s2)nc(O[C@H]2CCOC2)n1. The first-order valence-electron chi connectivity index (χ1n) is 11.2. The zero-order valence-corrected chi connectivity index (χ0v) is 19.1. The zero-order valence-electron chi connectivity index (χ0n) is 18.3. The average molecular weight is 453 g/mol. The van der Waals surface area contributed by atoms with Crippen LogP contribution in [-0.2, 0) is 11.3 Å². The van der Waals surface area contributed by atoms with Gasteiger partial charge in [0.25, 0.3) is 0 Å². The highest BCUT2D eigenvalue weighted by molar-refractivity contribution is 7.18. The van der Waals surface area contributed by atoms with E-state index < -0.39 is 0 Å². The van der Waals surface area contributed by atoms with Crippen molar-refractivity contribution in [2.75, 3.05) is 31.6 Å². The van der Waals surface area contributed by atoms with E-state index in [1.165, 1.54) is 49.3 Å². The van der Waals surface area contributed by atoms with Gasteiger partial charge in [0.2, 0.25) is 0 Å². The Bertz CT molecular complexity index is 1030. The predicted octanol–water partition coefficient (Wildman–Crippen LogP) is 4.20. The third-order valence-corrected chi connectivity index (χ3v) is 6.60. The third kappa shape index (κ3) is 5.40. The van der Waals surface area contributed by atoms with Gasteiger partial charge in [0, 0.05) is 31.1 Å². The molecule has 0 saturated carbocycles. The number of nitrogens with one attached hydrogen (secondary N) is 1. The summed E-state index contributed by atoms with van der Waals surface area (Å²) in [6, 6.07) is 6.50. The predicted molar refractivity (Wildman–Crippen MR) is 124 cm³/mol. The van der Waals surface area contributed by atoms with Crippen LogP contribution in [0.4, 0.5) is 10.9 Å². The molecule has 0 aromatic carbocycles. The van der Waals surface area contributed by atoms with Crippen LogP contribution >= 0.6 is 11.3 Å². The first-order chi connectivity index (χ1) is 15.7. The van der Waals surface area contributed by atoms with Crippen molar-refractivity contribution >= 4 is 22.3 Å². The minimum Gasteiger partial charge on any atom is -0.458 e. The van der Waals surface area contributed by atoms with E-state index in [1.54, 1.807) is 0 Å². The van der Waals surface area contributed by atoms with E-state index >= 15 is 0 Å². The minimum atomic E-state index is 0.0206. The Hall–Kier alpha value is -2.62. The molecule has 1 N–H and O–H groups in total. The number of aromatic nitrogens is 4. The molecule has 2 aliphatic rings. The highest BCUT2D eigenvalue weighted by atomic mass is 32.1. The van der Waals surface area contributed by atoms with Crippen LogP contribution in [0.3, 0.4) is 0 Å². The molecule has 3 aromatic rings. The Labute approximate surface area is 192 Å². The summed E-state index contributed by atoms with van der Waals surface area (Å²) in [5.74, 6) is 0.789. The standard InChI is InChI=1S/C23H28N6O2S/c1-16-11-19(27-22(26-16)31-18-7-10-30-15-18)20-13-25-23(32-20)28-21-6-5-17(12-24-21)14-29-8-3-2-4-9-29/h5-6,11-13,18H,2-4,7-10,14-15H2,1H3,(H,24,25,28)/t18-/m0/s1. The maximum Gasteiger partial charge on any atom is 0.317 e. The molecule has 32 heavy (non-hydrogen) atoms. The van der Waals surface area contributed by atoms with Gasteiger partial charge in [-0.2, -0.15) is 4.98 Å². The molecule has 168 valence electrons. The van der Waals surface area contributed by atoms with Crippen molar-refractivity contribution in [2.24, 2.45) is 0 Å². The number of ether oxygens (including phenoxy) is 2. The monoisotopic (exact) mass is 452 g/mol. The molecule has 0 radical (unpaired) electrons. The highest BCUT2D eigenvalue weighted by Crippen LogP contribution is 2.30. The van der Waals surface area contributed by atoms with E-state index in [0.29, 0.717) is 12.6 Å². The quantitative estimate of drug-likeness (QED) is 0.571. The second-order valence-corrected chi connectivity index (χ2v) is 9.35. The highest BCUT2D eigenvalue weighted by Gasteiger charge is 2.19. The Morgan fingerprint density at radius 3 is 2.84 bits per heavy atom. The molecule has 5 heterocycles. The van der Waals surface area contributed by atoms with Crippen molar-refractivity contribution in [3.05, 3.63) is 41.9 Å². The molecule has 1 atom stereocenters. The van der Waals surface area contributed by atoms with Gasteiger partial charge in [0.05, 0.1) is 23.8 Å². The molecule has 2 saturated heterocycles. The van der Waals surface area contributed by atoms with Crippen molar-refractivity contribution in [3.63, 3.8) is 0 Å². The number of anilines is 2. The molecule has 0 spiro atoms. The van der Waals surface area contributed by atoms with Crippen LogP contribution < -0.4 is 10.1 Å². The van der Waals surface area contributed by atoms with E-state index in [4.69, 9.17) is 9.47 Å². The Balaban J connectivity index is 1.23. The van der Waals surface area contributed by atoms with E-state index in [2.05, 4.69) is 36.2 Å². The molecule has 2 aliphatic heterocycles. The Morgan fingerprint density at radius 1 is 1.16 bits per heavy atom. The number of rotatable bonds is 7. The van der Waals surface area contributed by atoms with Crippen LogP contribution in [0.2, 0.25) is 0 Å². The van der Waals surface area contributed by atoms with Gasteiger partial charge in [-0.05, 0) is 50.6 Å². The summed E-state index contributed by atoms with van der Waals surface area (Å²) in [5, 5.41) is 4.08. The van der Waals surface area contributed by atoms with Crippen LogP contribution in [0.15, 0.2) is 30.6 Å². The van der Waals surface area contributed by atoms with E-state index in [1.807, 2.05) is 31.5 Å². The summed E-state index contributed by atoms with van der Waals surface area (Å²) in [6.45, 7) is 6.60. The van der Waals surface area contributed by atoms with Gasteiger partial charge in [0.1, 0.15) is 11.9 Å². The summed E-state index contributed by atoms with van der Waals surface area (Å²) < 4.78 is 11.3. The molecule has 0 unspecified atom stereocenters. The number of piperidine rings is 1. The molecule has 8 nitrogen and oxygen atoms in total. The number of thiazole rings is 1. The van der Waals surface area contributed by atoms with Crippen LogP contribution in [0.25, 0.3) is 10.6 Å². The van der Waals surface area contributed by atoms with Crippen LogP contribution in [0.5, 0.6) is 6.01 Å². The zero-order chi connectivity index (χ0) is 21.8. The third-order valence-electron chi connectivity index (χ3n) is 5.67. The molecule has 5 rings (SSSR count). The minimum absolute atomic E-state index is 0.0206. The number of hydrogen-bond donors (Lipinski definition) is 1. The van der Waals surface area contributed by atoms with Gasteiger partial charge in [-0.1, -0.05) is 23.8 Å². The number of pyridine rings is 1. The van der Waals surface area contributed by atoms with Gasteiger partial charge in [-0.15, -0.1) is 0 Å². The largest absolute Gasteiger partial charge is 0.458 e. The van der Waals surface area contributed by atoms with E-state index in [-0.39, 0.29) is 6.10 Å². The lowest BCUT2D eigenvalue weighted by molar-refractivity contribution is 0.134. The van der Waals surface area contributed by atoms with Crippen molar-refractivity contribution in [1.82, 2.24) is 24.8 Å². The first kappa shape index (κ1) is 21.2. The average Bonchev–Trinajstić information content (AvgIpc) is 3.48. The normalized spacial score (nSPS) is 19.2. The van der Waals surface area contributed by atoms with Gasteiger partial charge >= 0.3 is 6.01 Å². The lowest BCUT2D eigenvalue weighted by Crippen LogP contribution is -2.29. The van der Waals surface area contributed by atoms with Crippen molar-refractivity contribution in [3.8, 4) is 16.6 Å². The number of aryl methyl sites for hydroxylation is 1. The maximum absolute atomic E-state index is 5.89. The molecular weight excluding hydrogens is 424 g/mol. The second kappa shape index (κ2) is 9.89. The number of likely N-dealkylation sites (tertiary alicyclic amines) is 1. The molecule has 2 fully saturated rings. The fourth-order valence-electron chi connectivity index (χ4n) is 4.00. The summed E-state index contributed by atoms with van der Waals surface area (Å²) in [5.41, 5.74) is 2.91. The lowest BCUT2D eigenvalue weighted by Gasteiger charge is -2.26. The fourth-order valence-corrected chi connectivity index (χ4v) is 4.79. The van der Waals surface area contributed by atoms with Gasteiger partial charge < -0.3 is 14.8 Å². The van der Waals surface area contributed by atoms with Gasteiger partial charge in [0.15, 0.2) is 5.13 Å². The van der Waals surface area contributed by atoms with Crippen molar-refractivity contribution in [2.45, 2.75) is 45.3 Å². The molecular formula is C23H28N6O2S. The summed E-state index contributed by atoms with van der Waals surface area (Å²) in [6.07, 6.45) is 8.61. The summed E-state index contributed by atoms with van der Waals surface area (Å²) in [7, 11) is 0. The maximum atomic E-state index is 5.89. The van der Waals surface area contributed by atoms with Crippen molar-refractivity contribution < 1.29 is 9.47 Å². The first-order valence-corrected chi connectivity index (χ1v) is 12.0. The van der Waals surface area contributed by atoms with Crippen LogP contribution in [0, 0.1) is 6.92 Å². The summed E-state index contributed by atoms with van der Waals surface area (Å²) >= 11 is 1.53. The number of hydrogen-bond acceptors (Lipinski definition) is 9. The Kier molecular flexibility index (Phi) is 6.56. The number of nitrogens with zero attached hydrogens (tertiary/aromatic N) is 5. The Morgan fingerprint density at radius 2 is 2.06 bits per heavy atom. The molecule has 3 aromatic heterocycles. The van der Waals surface area contributed by atoms with Crippen LogP contribution in [-0.4, -0.2) is 57.2 Å². The lowest BCUT2D eigenvalue weighted by atomic mass is 10.1. The van der Waals surface area contributed by atoms with Gasteiger partial charge in [-0.25, -0.2) is 15.0 Å². The van der Waals surface area contributed by atoms with Gasteiger partial charge in [-0.3, -0.25) is 4.90 Å². The molecule has 0 aliphatic carbocycles. The van der Waals surface area contributed by atoms with Crippen LogP contribution in [0.1, 0.15) is 36.9 Å². The molecule has 9 heteroatoms. The fraction of sp³-hybridized carbons (Fsp3) is 0.478. The molecule has 0 bridgehead atoms. The molecule has 0 amide bonds.